The number of benzene rings is 2. The van der Waals surface area contributed by atoms with E-state index in [-0.39, 0.29) is 36.6 Å². The second-order valence-electron chi connectivity index (χ2n) is 17.5. The van der Waals surface area contributed by atoms with Crippen LogP contribution in [0.2, 0.25) is 18.1 Å². The van der Waals surface area contributed by atoms with Gasteiger partial charge < -0.3 is 37.6 Å². The van der Waals surface area contributed by atoms with Gasteiger partial charge in [0.15, 0.2) is 14.4 Å². The Morgan fingerprint density at radius 1 is 0.895 bits per heavy atom. The molecule has 2 aromatic carbocycles. The number of hydrogen-bond donors (Lipinski definition) is 0. The van der Waals surface area contributed by atoms with Crippen LogP contribution in [-0.4, -0.2) is 78.4 Å². The van der Waals surface area contributed by atoms with Crippen LogP contribution in [0.25, 0.3) is 0 Å². The molecule has 3 rings (SSSR count). The Labute approximate surface area is 344 Å². The van der Waals surface area contributed by atoms with E-state index < -0.39 is 43.8 Å². The minimum atomic E-state index is -2.25. The van der Waals surface area contributed by atoms with Crippen LogP contribution in [0.1, 0.15) is 111 Å². The third-order valence-corrected chi connectivity index (χ3v) is 16.0. The maximum Gasteiger partial charge on any atom is 0.330 e. The lowest BCUT2D eigenvalue weighted by molar-refractivity contribution is -0.351. The van der Waals surface area contributed by atoms with Gasteiger partial charge in [-0.05, 0) is 66.7 Å². The van der Waals surface area contributed by atoms with Crippen molar-refractivity contribution in [3.63, 3.8) is 0 Å². The van der Waals surface area contributed by atoms with Gasteiger partial charge in [0, 0.05) is 38.0 Å². The molecule has 1 heterocycles. The van der Waals surface area contributed by atoms with E-state index in [0.717, 1.165) is 42.6 Å². The number of unbranched alkanes of at least 4 members (excludes halogenated alkanes) is 4. The van der Waals surface area contributed by atoms with Gasteiger partial charge in [-0.1, -0.05) is 110 Å². The number of carbonyl (C=O) groups excluding carboxylic acids is 2. The maximum absolute atomic E-state index is 13.7. The summed E-state index contributed by atoms with van der Waals surface area (Å²) in [6.07, 6.45) is 4.86. The number of hydrogen-bond acceptors (Lipinski definition) is 10. The molecule has 10 nitrogen and oxygen atoms in total. The Balaban J connectivity index is 2.06. The summed E-state index contributed by atoms with van der Waals surface area (Å²) in [7, 11) is 2.29. The van der Waals surface area contributed by atoms with Crippen LogP contribution >= 0.6 is 0 Å². The first-order valence-electron chi connectivity index (χ1n) is 20.7. The minimum Gasteiger partial charge on any atom is -0.497 e. The first-order chi connectivity index (χ1) is 26.9. The largest absolute Gasteiger partial charge is 0.497 e. The highest BCUT2D eigenvalue weighted by Crippen LogP contribution is 2.49. The molecule has 1 fully saturated rings. The summed E-state index contributed by atoms with van der Waals surface area (Å²) < 4.78 is 50.5. The van der Waals surface area contributed by atoms with E-state index in [0.29, 0.717) is 31.6 Å². The Morgan fingerprint density at radius 2 is 1.53 bits per heavy atom. The lowest BCUT2D eigenvalue weighted by Gasteiger charge is -2.54. The van der Waals surface area contributed by atoms with Crippen molar-refractivity contribution in [2.24, 2.45) is 5.41 Å². The van der Waals surface area contributed by atoms with Crippen molar-refractivity contribution in [2.45, 2.75) is 161 Å². The average molecular weight is 813 g/mol. The van der Waals surface area contributed by atoms with Crippen LogP contribution < -0.4 is 4.74 Å². The highest BCUT2D eigenvalue weighted by atomic mass is 28.4. The predicted octanol–water partition coefficient (Wildman–Crippen LogP) is 10.1. The van der Waals surface area contributed by atoms with E-state index >= 15 is 0 Å². The monoisotopic (exact) mass is 812 g/mol. The van der Waals surface area contributed by atoms with Crippen LogP contribution in [0.3, 0.4) is 0 Å². The number of ether oxygens (including phenoxy) is 7. The van der Waals surface area contributed by atoms with Crippen molar-refractivity contribution in [1.29, 1.82) is 0 Å². The zero-order valence-electron chi connectivity index (χ0n) is 36.9. The van der Waals surface area contributed by atoms with Gasteiger partial charge in [0.1, 0.15) is 5.75 Å². The zero-order chi connectivity index (χ0) is 42.3. The van der Waals surface area contributed by atoms with Gasteiger partial charge in [0.05, 0.1) is 45.7 Å². The molecule has 0 spiro atoms. The summed E-state index contributed by atoms with van der Waals surface area (Å²) in [5.41, 5.74) is 1.69. The summed E-state index contributed by atoms with van der Waals surface area (Å²) >= 11 is 0. The summed E-state index contributed by atoms with van der Waals surface area (Å²) in [5, 5.41) is -0.0524. The molecule has 0 aliphatic carbocycles. The SMILES string of the molecule is CCCCCCCC(=O)O[C@H]1/C(=C/C(=O)OC)C[C@@H](C[C@@H](OCc2ccc(OC)cc2)[C@H](C)OCc2ccccc2)O[C@@]1(OC)C(C)(C)CO[Si](C)(C)C(C)(C)C. The Hall–Kier alpha value is -3.06. The fourth-order valence-corrected chi connectivity index (χ4v) is 7.92. The van der Waals surface area contributed by atoms with Gasteiger partial charge in [-0.25, -0.2) is 4.79 Å². The smallest absolute Gasteiger partial charge is 0.330 e. The van der Waals surface area contributed by atoms with Gasteiger partial charge in [-0.15, -0.1) is 0 Å². The molecule has 1 saturated heterocycles. The first kappa shape index (κ1) is 48.3. The predicted molar refractivity (Wildman–Crippen MR) is 226 cm³/mol. The van der Waals surface area contributed by atoms with Crippen molar-refractivity contribution in [1.82, 2.24) is 0 Å². The zero-order valence-corrected chi connectivity index (χ0v) is 37.9. The molecule has 11 heteroatoms. The number of rotatable bonds is 23. The third-order valence-electron chi connectivity index (χ3n) is 11.6. The normalized spacial score (nSPS) is 20.9. The van der Waals surface area contributed by atoms with Crippen LogP contribution in [0, 0.1) is 5.41 Å². The van der Waals surface area contributed by atoms with Gasteiger partial charge in [0.2, 0.25) is 5.79 Å². The van der Waals surface area contributed by atoms with Crippen LogP contribution in [0.15, 0.2) is 66.2 Å². The van der Waals surface area contributed by atoms with Crippen LogP contribution in [0.5, 0.6) is 5.75 Å². The lowest BCUT2D eigenvalue weighted by atomic mass is 9.74. The minimum absolute atomic E-state index is 0.0524. The second kappa shape index (κ2) is 22.3. The third kappa shape index (κ3) is 14.0. The molecule has 2 aromatic rings. The van der Waals surface area contributed by atoms with E-state index in [2.05, 4.69) is 40.8 Å². The van der Waals surface area contributed by atoms with Crippen molar-refractivity contribution in [3.05, 3.63) is 77.4 Å². The van der Waals surface area contributed by atoms with E-state index in [4.69, 9.17) is 37.6 Å². The highest BCUT2D eigenvalue weighted by molar-refractivity contribution is 6.74. The van der Waals surface area contributed by atoms with Gasteiger partial charge in [-0.2, -0.15) is 0 Å². The van der Waals surface area contributed by atoms with E-state index in [1.165, 1.54) is 13.2 Å². The molecule has 320 valence electrons. The fraction of sp³-hybridized carbons (Fsp3) is 0.652. The highest BCUT2D eigenvalue weighted by Gasteiger charge is 2.60. The Morgan fingerprint density at radius 3 is 2.12 bits per heavy atom. The molecule has 0 bridgehead atoms. The summed E-state index contributed by atoms with van der Waals surface area (Å²) in [5.74, 6) is -1.72. The topological polar surface area (TPSA) is 108 Å². The average Bonchev–Trinajstić information content (AvgIpc) is 3.18. The van der Waals surface area contributed by atoms with Gasteiger partial charge in [0.25, 0.3) is 0 Å². The van der Waals surface area contributed by atoms with E-state index in [1.54, 1.807) is 14.2 Å². The van der Waals surface area contributed by atoms with Crippen molar-refractivity contribution >= 4 is 20.3 Å². The standard InChI is InChI=1S/C46H72O10Si/c1-13-14-15-16-20-23-41(47)55-43-37(29-42(48)50-9)28-39(56-46(43,51-10)45(6,7)33-54-57(11,12)44(3,4)5)30-40(34(2)52-31-35-21-18-17-19-22-35)53-32-36-24-26-38(49-8)27-25-36/h17-19,21-22,24-27,29,34,39-40,43H,13-16,20,23,28,30-33H2,1-12H3/b37-29+/t34-,39-,40+,43-,46+/m0/s1. The summed E-state index contributed by atoms with van der Waals surface area (Å²) in [4.78, 5) is 26.7. The molecule has 0 N–H and O–H groups in total. The second-order valence-corrected chi connectivity index (χ2v) is 22.3. The number of carbonyl (C=O) groups is 2. The van der Waals surface area contributed by atoms with Gasteiger partial charge in [-0.3, -0.25) is 4.79 Å². The molecule has 0 aromatic heterocycles. The molecule has 0 unspecified atom stereocenters. The van der Waals surface area contributed by atoms with Crippen molar-refractivity contribution in [2.75, 3.05) is 27.9 Å². The molecule has 0 saturated carbocycles. The van der Waals surface area contributed by atoms with Crippen molar-refractivity contribution < 1.29 is 47.2 Å². The van der Waals surface area contributed by atoms with E-state index in [9.17, 15) is 9.59 Å². The quantitative estimate of drug-likeness (QED) is 0.0466. The fourth-order valence-electron chi connectivity index (χ4n) is 6.77. The first-order valence-corrected chi connectivity index (χ1v) is 23.6. The van der Waals surface area contributed by atoms with E-state index in [1.807, 2.05) is 75.4 Å². The number of methoxy groups -OCH3 is 3. The summed E-state index contributed by atoms with van der Waals surface area (Å²) in [6, 6.07) is 17.8. The number of esters is 2. The molecular formula is C46H72O10Si. The molecule has 1 aliphatic rings. The molecule has 57 heavy (non-hydrogen) atoms. The van der Waals surface area contributed by atoms with Crippen molar-refractivity contribution in [3.8, 4) is 5.75 Å². The molecular weight excluding hydrogens is 741 g/mol. The van der Waals surface area contributed by atoms with Crippen LogP contribution in [0.4, 0.5) is 0 Å². The van der Waals surface area contributed by atoms with Gasteiger partial charge >= 0.3 is 11.9 Å². The molecule has 0 radical (unpaired) electrons. The van der Waals surface area contributed by atoms with Crippen LogP contribution in [-0.2, 0) is 55.7 Å². The molecule has 5 atom stereocenters. The molecule has 0 amide bonds. The Kier molecular flexibility index (Phi) is 18.9. The maximum atomic E-state index is 13.7. The lowest BCUT2D eigenvalue weighted by Crippen LogP contribution is -2.65. The molecule has 1 aliphatic heterocycles. The summed E-state index contributed by atoms with van der Waals surface area (Å²) in [6.45, 7) is 20.2. The Bertz CT molecular complexity index is 1530.